The Kier molecular flexibility index (Phi) is 5.69. The zero-order valence-corrected chi connectivity index (χ0v) is 13.5. The molecule has 1 fully saturated rings. The van der Waals surface area contributed by atoms with Crippen LogP contribution < -0.4 is 5.32 Å². The van der Waals surface area contributed by atoms with Crippen molar-refractivity contribution in [3.05, 3.63) is 29.3 Å². The summed E-state index contributed by atoms with van der Waals surface area (Å²) in [6.07, 6.45) is 3.29. The molecule has 2 aliphatic rings. The van der Waals surface area contributed by atoms with Crippen LogP contribution in [-0.2, 0) is 17.6 Å². The van der Waals surface area contributed by atoms with Crippen LogP contribution in [0, 0.1) is 0 Å². The van der Waals surface area contributed by atoms with E-state index in [0.29, 0.717) is 0 Å². The van der Waals surface area contributed by atoms with E-state index in [1.165, 1.54) is 29.7 Å². The quantitative estimate of drug-likeness (QED) is 0.848. The third-order valence-electron chi connectivity index (χ3n) is 3.83. The minimum Gasteiger partial charge on any atom is -0.385 e. The number of hydrogen-bond donors (Lipinski definition) is 1. The summed E-state index contributed by atoms with van der Waals surface area (Å²) < 4.78 is 5.36. The Morgan fingerprint density at radius 2 is 2.10 bits per heavy atom. The highest BCUT2D eigenvalue weighted by molar-refractivity contribution is 7.80. The summed E-state index contributed by atoms with van der Waals surface area (Å²) in [5.41, 5.74) is 4.05. The Bertz CT molecular complexity index is 473. The first-order valence-corrected chi connectivity index (χ1v) is 7.45. The zero-order chi connectivity index (χ0) is 13.1. The molecule has 1 aromatic carbocycles. The number of rotatable bonds is 2. The van der Waals surface area contributed by atoms with Crippen molar-refractivity contribution in [2.45, 2.75) is 19.3 Å². The molecule has 0 unspecified atom stereocenters. The number of aryl methyl sites for hydroxylation is 1. The molecule has 0 saturated carbocycles. The average molecular weight is 310 g/mol. The Morgan fingerprint density at radius 1 is 1.30 bits per heavy atom. The molecule has 2 heterocycles. The topological polar surface area (TPSA) is 24.5 Å². The van der Waals surface area contributed by atoms with Gasteiger partial charge in [0.1, 0.15) is 0 Å². The number of benzene rings is 1. The lowest BCUT2D eigenvalue weighted by atomic mass is 10.00. The number of ether oxygens (including phenoxy) is 1. The molecule has 2 aliphatic heterocycles. The molecule has 1 aromatic rings. The Balaban J connectivity index is 0.00000147. The van der Waals surface area contributed by atoms with Crippen LogP contribution in [0.2, 0.25) is 0 Å². The molecule has 0 amide bonds. The van der Waals surface area contributed by atoms with Gasteiger partial charge in [0.05, 0.1) is 18.2 Å². The van der Waals surface area contributed by atoms with E-state index in [4.69, 9.17) is 17.0 Å². The van der Waals surface area contributed by atoms with Crippen LogP contribution in [0.15, 0.2) is 18.2 Å². The second-order valence-corrected chi connectivity index (χ2v) is 5.66. The lowest BCUT2D eigenvalue weighted by Crippen LogP contribution is -2.40. The largest absolute Gasteiger partial charge is 0.385 e. The molecular formula is C15H22N2OS2. The van der Waals surface area contributed by atoms with Crippen LogP contribution in [0.25, 0.3) is 0 Å². The monoisotopic (exact) mass is 310 g/mol. The summed E-state index contributed by atoms with van der Waals surface area (Å²) in [6.45, 7) is 4.55. The van der Waals surface area contributed by atoms with Crippen molar-refractivity contribution in [3.8, 4) is 0 Å². The number of morpholine rings is 1. The highest BCUT2D eigenvalue weighted by atomic mass is 32.1. The maximum Gasteiger partial charge on any atom is 0.0825 e. The second kappa shape index (κ2) is 7.29. The number of hydrogen-bond acceptors (Lipinski definition) is 3. The minimum absolute atomic E-state index is 0. The van der Waals surface area contributed by atoms with Crippen molar-refractivity contribution in [1.29, 1.82) is 0 Å². The molecule has 3 nitrogen and oxygen atoms in total. The standard InChI is InChI=1S/C15H20N2OS.H2S/c19-15(17-6-8-18-9-7-17)11-12-3-4-13-2-1-5-16-14(13)10-12;/h3-4,10,16H,1-2,5-9,11H2;1H2. The van der Waals surface area contributed by atoms with Crippen LogP contribution in [0.4, 0.5) is 5.69 Å². The smallest absolute Gasteiger partial charge is 0.0825 e. The maximum absolute atomic E-state index is 5.56. The lowest BCUT2D eigenvalue weighted by molar-refractivity contribution is 0.0685. The number of anilines is 1. The van der Waals surface area contributed by atoms with E-state index < -0.39 is 0 Å². The average Bonchev–Trinajstić information content (AvgIpc) is 2.48. The SMILES string of the molecule is S.S=C(Cc1ccc2c(c1)NCCC2)N1CCOCC1. The molecule has 0 radical (unpaired) electrons. The van der Waals surface area contributed by atoms with E-state index in [9.17, 15) is 0 Å². The second-order valence-electron chi connectivity index (χ2n) is 5.19. The number of fused-ring (bicyclic) bond motifs is 1. The lowest BCUT2D eigenvalue weighted by Gasteiger charge is -2.29. The van der Waals surface area contributed by atoms with Crippen molar-refractivity contribution in [2.75, 3.05) is 38.2 Å². The molecule has 1 saturated heterocycles. The summed E-state index contributed by atoms with van der Waals surface area (Å²) in [7, 11) is 0. The van der Waals surface area contributed by atoms with Crippen molar-refractivity contribution in [3.63, 3.8) is 0 Å². The highest BCUT2D eigenvalue weighted by Gasteiger charge is 2.15. The van der Waals surface area contributed by atoms with Gasteiger partial charge in [-0.15, -0.1) is 0 Å². The van der Waals surface area contributed by atoms with Crippen LogP contribution in [0.5, 0.6) is 0 Å². The van der Waals surface area contributed by atoms with E-state index in [1.54, 1.807) is 0 Å². The first-order chi connectivity index (χ1) is 9.33. The van der Waals surface area contributed by atoms with Gasteiger partial charge in [-0.05, 0) is 30.0 Å². The van der Waals surface area contributed by atoms with Crippen molar-refractivity contribution >= 4 is 36.4 Å². The number of thiocarbonyl (C=S) groups is 1. The van der Waals surface area contributed by atoms with E-state index in [1.807, 2.05) is 0 Å². The van der Waals surface area contributed by atoms with E-state index >= 15 is 0 Å². The fourth-order valence-electron chi connectivity index (χ4n) is 2.72. The summed E-state index contributed by atoms with van der Waals surface area (Å²) in [5, 5.41) is 3.48. The summed E-state index contributed by atoms with van der Waals surface area (Å²) in [6, 6.07) is 6.73. The van der Waals surface area contributed by atoms with Gasteiger partial charge < -0.3 is 15.0 Å². The molecule has 0 atom stereocenters. The summed E-state index contributed by atoms with van der Waals surface area (Å²) >= 11 is 5.56. The van der Waals surface area contributed by atoms with Crippen LogP contribution >= 0.6 is 25.7 Å². The van der Waals surface area contributed by atoms with Gasteiger partial charge in [-0.3, -0.25) is 0 Å². The molecule has 0 aliphatic carbocycles. The molecule has 0 bridgehead atoms. The predicted molar refractivity (Wildman–Crippen MR) is 92.3 cm³/mol. The molecule has 3 rings (SSSR count). The molecule has 1 N–H and O–H groups in total. The van der Waals surface area contributed by atoms with Gasteiger partial charge in [0.15, 0.2) is 0 Å². The fourth-order valence-corrected chi connectivity index (χ4v) is 3.07. The zero-order valence-electron chi connectivity index (χ0n) is 11.7. The van der Waals surface area contributed by atoms with E-state index in [2.05, 4.69) is 28.4 Å². The van der Waals surface area contributed by atoms with Gasteiger partial charge in [0.2, 0.25) is 0 Å². The number of nitrogens with zero attached hydrogens (tertiary/aromatic N) is 1. The van der Waals surface area contributed by atoms with Crippen molar-refractivity contribution in [1.82, 2.24) is 4.90 Å². The summed E-state index contributed by atoms with van der Waals surface area (Å²) in [4.78, 5) is 3.31. The molecular weight excluding hydrogens is 288 g/mol. The van der Waals surface area contributed by atoms with Crippen LogP contribution in [0.3, 0.4) is 0 Å². The highest BCUT2D eigenvalue weighted by Crippen LogP contribution is 2.23. The van der Waals surface area contributed by atoms with Crippen molar-refractivity contribution < 1.29 is 4.74 Å². The molecule has 110 valence electrons. The third kappa shape index (κ3) is 3.65. The predicted octanol–water partition coefficient (Wildman–Crippen LogP) is 2.36. The first-order valence-electron chi connectivity index (χ1n) is 7.04. The van der Waals surface area contributed by atoms with Gasteiger partial charge in [0, 0.05) is 31.7 Å². The Morgan fingerprint density at radius 3 is 2.90 bits per heavy atom. The number of nitrogens with one attached hydrogen (secondary N) is 1. The molecule has 0 spiro atoms. The fraction of sp³-hybridized carbons (Fsp3) is 0.533. The van der Waals surface area contributed by atoms with Gasteiger partial charge >= 0.3 is 0 Å². The normalized spacial score (nSPS) is 17.7. The van der Waals surface area contributed by atoms with Crippen LogP contribution in [-0.4, -0.2) is 42.7 Å². The minimum atomic E-state index is 0. The van der Waals surface area contributed by atoms with E-state index in [-0.39, 0.29) is 13.5 Å². The Hall–Kier alpha value is -0.780. The molecule has 5 heteroatoms. The van der Waals surface area contributed by atoms with E-state index in [0.717, 1.165) is 44.3 Å². The summed E-state index contributed by atoms with van der Waals surface area (Å²) in [5.74, 6) is 0. The third-order valence-corrected chi connectivity index (χ3v) is 4.23. The molecule has 20 heavy (non-hydrogen) atoms. The van der Waals surface area contributed by atoms with Gasteiger partial charge in [-0.2, -0.15) is 13.5 Å². The van der Waals surface area contributed by atoms with Gasteiger partial charge in [-0.25, -0.2) is 0 Å². The first kappa shape index (κ1) is 15.6. The maximum atomic E-state index is 5.56. The molecule has 0 aromatic heterocycles. The van der Waals surface area contributed by atoms with Crippen molar-refractivity contribution in [2.24, 2.45) is 0 Å². The van der Waals surface area contributed by atoms with Crippen LogP contribution in [0.1, 0.15) is 17.5 Å². The van der Waals surface area contributed by atoms with Gasteiger partial charge in [0.25, 0.3) is 0 Å². The van der Waals surface area contributed by atoms with Gasteiger partial charge in [-0.1, -0.05) is 24.4 Å². The Labute approximate surface area is 133 Å².